The first kappa shape index (κ1) is 16.8. The molecule has 0 aliphatic rings. The fourth-order valence-electron chi connectivity index (χ4n) is 2.46. The molecular formula is C20H23NO2. The molecule has 0 spiro atoms. The SMILES string of the molecule is CC(=CC(c1ccc(C)cc1)c1ccc(N(C)C)cc1)C(=O)O. The molecule has 0 aromatic heterocycles. The summed E-state index contributed by atoms with van der Waals surface area (Å²) in [7, 11) is 4.00. The van der Waals surface area contributed by atoms with Gasteiger partial charge in [-0.1, -0.05) is 48.0 Å². The Hall–Kier alpha value is -2.55. The van der Waals surface area contributed by atoms with Crippen LogP contribution in [0.15, 0.2) is 60.2 Å². The van der Waals surface area contributed by atoms with E-state index in [1.165, 1.54) is 5.56 Å². The van der Waals surface area contributed by atoms with E-state index >= 15 is 0 Å². The minimum Gasteiger partial charge on any atom is -0.478 e. The van der Waals surface area contributed by atoms with Gasteiger partial charge in [-0.15, -0.1) is 0 Å². The highest BCUT2D eigenvalue weighted by atomic mass is 16.4. The van der Waals surface area contributed by atoms with Crippen LogP contribution in [0, 0.1) is 6.92 Å². The van der Waals surface area contributed by atoms with Gasteiger partial charge in [-0.3, -0.25) is 0 Å². The number of benzene rings is 2. The maximum atomic E-state index is 11.2. The molecule has 0 saturated heterocycles. The van der Waals surface area contributed by atoms with Crippen LogP contribution in [0.2, 0.25) is 0 Å². The molecule has 23 heavy (non-hydrogen) atoms. The van der Waals surface area contributed by atoms with Crippen LogP contribution in [0.5, 0.6) is 0 Å². The lowest BCUT2D eigenvalue weighted by molar-refractivity contribution is -0.132. The number of rotatable bonds is 5. The molecule has 3 heteroatoms. The van der Waals surface area contributed by atoms with E-state index in [2.05, 4.69) is 48.5 Å². The van der Waals surface area contributed by atoms with Gasteiger partial charge in [-0.05, 0) is 37.1 Å². The summed E-state index contributed by atoms with van der Waals surface area (Å²) in [5.74, 6) is -0.949. The molecule has 1 atom stereocenters. The quantitative estimate of drug-likeness (QED) is 0.841. The Morgan fingerprint density at radius 1 is 1.00 bits per heavy atom. The highest BCUT2D eigenvalue weighted by Gasteiger charge is 2.14. The Kier molecular flexibility index (Phi) is 5.22. The first-order valence-corrected chi connectivity index (χ1v) is 7.64. The molecule has 0 heterocycles. The number of aryl methyl sites for hydroxylation is 1. The second-order valence-electron chi connectivity index (χ2n) is 6.03. The third kappa shape index (κ3) is 4.22. The van der Waals surface area contributed by atoms with Gasteiger partial charge in [0, 0.05) is 31.3 Å². The van der Waals surface area contributed by atoms with Crippen molar-refractivity contribution in [1.82, 2.24) is 0 Å². The first-order valence-electron chi connectivity index (χ1n) is 7.64. The van der Waals surface area contributed by atoms with Crippen molar-refractivity contribution in [2.24, 2.45) is 0 Å². The number of carboxylic acids is 1. The summed E-state index contributed by atoms with van der Waals surface area (Å²) in [6.45, 7) is 3.68. The average molecular weight is 309 g/mol. The predicted molar refractivity (Wildman–Crippen MR) is 95.2 cm³/mol. The highest BCUT2D eigenvalue weighted by Crippen LogP contribution is 2.29. The number of carbonyl (C=O) groups is 1. The van der Waals surface area contributed by atoms with Crippen molar-refractivity contribution in [2.75, 3.05) is 19.0 Å². The van der Waals surface area contributed by atoms with Crippen LogP contribution in [0.4, 0.5) is 5.69 Å². The molecule has 0 bridgehead atoms. The van der Waals surface area contributed by atoms with E-state index in [-0.39, 0.29) is 5.92 Å². The maximum absolute atomic E-state index is 11.2. The van der Waals surface area contributed by atoms with Gasteiger partial charge in [0.2, 0.25) is 0 Å². The summed E-state index contributed by atoms with van der Waals surface area (Å²) >= 11 is 0. The Labute approximate surface area is 137 Å². The number of hydrogen-bond donors (Lipinski definition) is 1. The van der Waals surface area contributed by atoms with Crippen LogP contribution >= 0.6 is 0 Å². The van der Waals surface area contributed by atoms with Gasteiger partial charge in [0.25, 0.3) is 0 Å². The normalized spacial score (nSPS) is 12.8. The fourth-order valence-corrected chi connectivity index (χ4v) is 2.46. The standard InChI is InChI=1S/C20H23NO2/c1-14-5-7-16(8-6-14)19(13-15(2)20(22)23)17-9-11-18(12-10-17)21(3)4/h5-13,19H,1-4H3,(H,22,23). The van der Waals surface area contributed by atoms with Crippen LogP contribution < -0.4 is 4.90 Å². The summed E-state index contributed by atoms with van der Waals surface area (Å²) in [6.07, 6.45) is 1.82. The lowest BCUT2D eigenvalue weighted by Crippen LogP contribution is -2.09. The first-order chi connectivity index (χ1) is 10.9. The zero-order chi connectivity index (χ0) is 17.0. The van der Waals surface area contributed by atoms with Gasteiger partial charge in [0.15, 0.2) is 0 Å². The van der Waals surface area contributed by atoms with E-state index in [4.69, 9.17) is 0 Å². The van der Waals surface area contributed by atoms with Gasteiger partial charge >= 0.3 is 5.97 Å². The third-order valence-electron chi connectivity index (χ3n) is 3.96. The number of aliphatic carboxylic acids is 1. The van der Waals surface area contributed by atoms with E-state index < -0.39 is 5.97 Å². The lowest BCUT2D eigenvalue weighted by Gasteiger charge is -2.18. The van der Waals surface area contributed by atoms with E-state index in [0.29, 0.717) is 5.57 Å². The minimum absolute atomic E-state index is 0.0667. The van der Waals surface area contributed by atoms with Gasteiger partial charge in [0.1, 0.15) is 0 Å². The topological polar surface area (TPSA) is 40.5 Å². The van der Waals surface area contributed by atoms with E-state index in [0.717, 1.165) is 16.8 Å². The van der Waals surface area contributed by atoms with Gasteiger partial charge in [-0.25, -0.2) is 4.79 Å². The Morgan fingerprint density at radius 3 is 1.91 bits per heavy atom. The van der Waals surface area contributed by atoms with Crippen molar-refractivity contribution in [3.05, 3.63) is 76.9 Å². The number of anilines is 1. The molecule has 0 radical (unpaired) electrons. The zero-order valence-corrected chi connectivity index (χ0v) is 14.1. The van der Waals surface area contributed by atoms with Crippen molar-refractivity contribution in [3.8, 4) is 0 Å². The smallest absolute Gasteiger partial charge is 0.330 e. The maximum Gasteiger partial charge on any atom is 0.330 e. The van der Waals surface area contributed by atoms with E-state index in [1.807, 2.05) is 32.0 Å². The number of nitrogens with zero attached hydrogens (tertiary/aromatic N) is 1. The number of carboxylic acid groups (broad SMARTS) is 1. The van der Waals surface area contributed by atoms with Crippen LogP contribution in [-0.4, -0.2) is 25.2 Å². The van der Waals surface area contributed by atoms with Crippen LogP contribution in [0.25, 0.3) is 0 Å². The van der Waals surface area contributed by atoms with Gasteiger partial charge < -0.3 is 10.0 Å². The molecule has 1 N–H and O–H groups in total. The summed E-state index contributed by atoms with van der Waals surface area (Å²) in [5, 5.41) is 9.21. The summed E-state index contributed by atoms with van der Waals surface area (Å²) in [6, 6.07) is 16.5. The fraction of sp³-hybridized carbons (Fsp3) is 0.250. The van der Waals surface area contributed by atoms with Gasteiger partial charge in [-0.2, -0.15) is 0 Å². The van der Waals surface area contributed by atoms with E-state index in [9.17, 15) is 9.90 Å². The Morgan fingerprint density at radius 2 is 1.48 bits per heavy atom. The van der Waals surface area contributed by atoms with E-state index in [1.54, 1.807) is 6.92 Å². The largest absolute Gasteiger partial charge is 0.478 e. The van der Waals surface area contributed by atoms with Gasteiger partial charge in [0.05, 0.1) is 0 Å². The molecule has 3 nitrogen and oxygen atoms in total. The monoisotopic (exact) mass is 309 g/mol. The molecule has 0 saturated carbocycles. The molecule has 0 aliphatic carbocycles. The highest BCUT2D eigenvalue weighted by molar-refractivity contribution is 5.86. The van der Waals surface area contributed by atoms with Crippen LogP contribution in [0.3, 0.4) is 0 Å². The van der Waals surface area contributed by atoms with Crippen molar-refractivity contribution < 1.29 is 9.90 Å². The molecular weight excluding hydrogens is 286 g/mol. The summed E-state index contributed by atoms with van der Waals surface area (Å²) in [5.41, 5.74) is 4.84. The van der Waals surface area contributed by atoms with Crippen molar-refractivity contribution >= 4 is 11.7 Å². The summed E-state index contributed by atoms with van der Waals surface area (Å²) in [4.78, 5) is 13.3. The second-order valence-corrected chi connectivity index (χ2v) is 6.03. The second kappa shape index (κ2) is 7.14. The zero-order valence-electron chi connectivity index (χ0n) is 14.1. The molecule has 2 rings (SSSR count). The third-order valence-corrected chi connectivity index (χ3v) is 3.96. The van der Waals surface area contributed by atoms with Crippen LogP contribution in [-0.2, 0) is 4.79 Å². The number of allylic oxidation sites excluding steroid dienone is 1. The predicted octanol–water partition coefficient (Wildman–Crippen LogP) is 4.22. The van der Waals surface area contributed by atoms with Crippen molar-refractivity contribution in [3.63, 3.8) is 0 Å². The molecule has 0 amide bonds. The molecule has 2 aromatic rings. The molecule has 1 unspecified atom stereocenters. The molecule has 0 fully saturated rings. The minimum atomic E-state index is -0.882. The lowest BCUT2D eigenvalue weighted by atomic mass is 9.89. The number of hydrogen-bond acceptors (Lipinski definition) is 2. The molecule has 0 aliphatic heterocycles. The molecule has 120 valence electrons. The summed E-state index contributed by atoms with van der Waals surface area (Å²) < 4.78 is 0. The molecule has 2 aromatic carbocycles. The van der Waals surface area contributed by atoms with Crippen LogP contribution in [0.1, 0.15) is 29.5 Å². The van der Waals surface area contributed by atoms with Crippen molar-refractivity contribution in [2.45, 2.75) is 19.8 Å². The van der Waals surface area contributed by atoms with Crippen molar-refractivity contribution in [1.29, 1.82) is 0 Å². The average Bonchev–Trinajstić information content (AvgIpc) is 2.53. The Balaban J connectivity index is 2.46. The Bertz CT molecular complexity index is 697.